The highest BCUT2D eigenvalue weighted by Crippen LogP contribution is 2.31. The van der Waals surface area contributed by atoms with Crippen molar-refractivity contribution in [2.24, 2.45) is 5.10 Å². The Labute approximate surface area is 153 Å². The van der Waals surface area contributed by atoms with Crippen molar-refractivity contribution in [3.05, 3.63) is 75.0 Å². The van der Waals surface area contributed by atoms with E-state index in [-0.39, 0.29) is 0 Å². The van der Waals surface area contributed by atoms with Crippen molar-refractivity contribution in [1.29, 1.82) is 0 Å². The highest BCUT2D eigenvalue weighted by molar-refractivity contribution is 7.11. The summed E-state index contributed by atoms with van der Waals surface area (Å²) in [6, 6.07) is 7.76. The number of aromatic nitrogens is 2. The van der Waals surface area contributed by atoms with E-state index >= 15 is 0 Å². The first-order valence-electron chi connectivity index (χ1n) is 7.50. The van der Waals surface area contributed by atoms with Gasteiger partial charge in [0.2, 0.25) is 0 Å². The number of fused-ring (bicyclic) bond motifs is 1. The number of hydrogen-bond donors (Lipinski definition) is 1. The molecule has 4 rings (SSSR count). The molecule has 0 fully saturated rings. The largest absolute Gasteiger partial charge is 0.497 e. The first-order valence-corrected chi connectivity index (χ1v) is 8.75. The fraction of sp³-hybridized carbons (Fsp3) is 0.0556. The molecule has 7 heteroatoms. The van der Waals surface area contributed by atoms with E-state index in [9.17, 15) is 0 Å². The highest BCUT2D eigenvalue weighted by atomic mass is 35.5. The topological polar surface area (TPSA) is 59.4 Å². The lowest BCUT2D eigenvalue weighted by Gasteiger charge is -2.20. The predicted molar refractivity (Wildman–Crippen MR) is 101 cm³/mol. The third-order valence-corrected chi connectivity index (χ3v) is 4.89. The van der Waals surface area contributed by atoms with Gasteiger partial charge in [0.1, 0.15) is 16.5 Å². The van der Waals surface area contributed by atoms with Crippen LogP contribution in [0.1, 0.15) is 21.7 Å². The number of thiazole rings is 1. The van der Waals surface area contributed by atoms with Gasteiger partial charge >= 0.3 is 0 Å². The van der Waals surface area contributed by atoms with E-state index in [4.69, 9.17) is 16.3 Å². The molecule has 3 heterocycles. The Kier molecular flexibility index (Phi) is 4.21. The molecule has 1 aliphatic heterocycles. The van der Waals surface area contributed by atoms with E-state index in [0.29, 0.717) is 5.02 Å². The lowest BCUT2D eigenvalue weighted by atomic mass is 9.97. The molecule has 0 aliphatic carbocycles. The fourth-order valence-electron chi connectivity index (χ4n) is 2.59. The van der Waals surface area contributed by atoms with Gasteiger partial charge in [0, 0.05) is 35.1 Å². The summed E-state index contributed by atoms with van der Waals surface area (Å²) in [6.07, 6.45) is 7.05. The number of hydrogen-bond acceptors (Lipinski definition) is 6. The zero-order chi connectivity index (χ0) is 17.2. The summed E-state index contributed by atoms with van der Waals surface area (Å²) in [7, 11) is 1.65. The average molecular weight is 369 g/mol. The van der Waals surface area contributed by atoms with Crippen LogP contribution in [0.25, 0.3) is 11.8 Å². The smallest absolute Gasteiger partial charge is 0.144 e. The molecule has 0 amide bonds. The standard InChI is InChI=1S/C18H13ClN4OS/c1-24-12-2-3-13-14(9-12)17(18-21-6-7-25-18)23-22-16(13)8-11-4-5-20-10-15(11)19/h2-10,22H,1H3. The molecule has 2 aromatic heterocycles. The van der Waals surface area contributed by atoms with Crippen LogP contribution in [0.5, 0.6) is 5.75 Å². The van der Waals surface area contributed by atoms with Crippen molar-refractivity contribution < 1.29 is 4.74 Å². The number of nitrogens with zero attached hydrogens (tertiary/aromatic N) is 3. The second-order valence-corrected chi connectivity index (χ2v) is 6.58. The Morgan fingerprint density at radius 2 is 2.12 bits per heavy atom. The zero-order valence-corrected chi connectivity index (χ0v) is 14.8. The van der Waals surface area contributed by atoms with Crippen LogP contribution in [-0.2, 0) is 0 Å². The van der Waals surface area contributed by atoms with Gasteiger partial charge in [-0.2, -0.15) is 5.10 Å². The molecule has 124 valence electrons. The fourth-order valence-corrected chi connectivity index (χ4v) is 3.40. The number of rotatable bonds is 3. The van der Waals surface area contributed by atoms with Gasteiger partial charge in [0.25, 0.3) is 0 Å². The van der Waals surface area contributed by atoms with Crippen LogP contribution in [0.2, 0.25) is 5.02 Å². The van der Waals surface area contributed by atoms with Crippen LogP contribution >= 0.6 is 22.9 Å². The SMILES string of the molecule is COc1ccc2c(c1)C(c1nccs1)=NNC2=Cc1ccncc1Cl. The lowest BCUT2D eigenvalue weighted by molar-refractivity contribution is 0.414. The molecule has 0 saturated carbocycles. The van der Waals surface area contributed by atoms with E-state index in [1.807, 2.05) is 35.7 Å². The van der Waals surface area contributed by atoms with Crippen molar-refractivity contribution in [3.8, 4) is 5.75 Å². The summed E-state index contributed by atoms with van der Waals surface area (Å²) in [6.45, 7) is 0. The minimum Gasteiger partial charge on any atom is -0.497 e. The van der Waals surface area contributed by atoms with Gasteiger partial charge in [-0.15, -0.1) is 11.3 Å². The zero-order valence-electron chi connectivity index (χ0n) is 13.2. The normalized spacial score (nSPS) is 14.6. The number of methoxy groups -OCH3 is 1. The van der Waals surface area contributed by atoms with Crippen LogP contribution in [0.3, 0.4) is 0 Å². The maximum atomic E-state index is 6.23. The third kappa shape index (κ3) is 3.01. The Hall–Kier alpha value is -2.70. The minimum absolute atomic E-state index is 0.585. The number of halogens is 1. The van der Waals surface area contributed by atoms with E-state index < -0.39 is 0 Å². The summed E-state index contributed by atoms with van der Waals surface area (Å²) in [4.78, 5) is 8.39. The Morgan fingerprint density at radius 3 is 2.88 bits per heavy atom. The molecular formula is C18H13ClN4OS. The number of ether oxygens (including phenoxy) is 1. The molecule has 5 nitrogen and oxygen atoms in total. The average Bonchev–Trinajstić information content (AvgIpc) is 3.17. The van der Waals surface area contributed by atoms with Gasteiger partial charge in [-0.05, 0) is 35.9 Å². The van der Waals surface area contributed by atoms with Crippen molar-refractivity contribution in [2.75, 3.05) is 7.11 Å². The van der Waals surface area contributed by atoms with E-state index in [2.05, 4.69) is 20.5 Å². The van der Waals surface area contributed by atoms with Gasteiger partial charge in [-0.1, -0.05) is 11.6 Å². The molecule has 3 aromatic rings. The number of pyridine rings is 1. The Morgan fingerprint density at radius 1 is 1.20 bits per heavy atom. The van der Waals surface area contributed by atoms with Gasteiger partial charge in [0.05, 0.1) is 17.8 Å². The van der Waals surface area contributed by atoms with Gasteiger partial charge < -0.3 is 4.74 Å². The maximum Gasteiger partial charge on any atom is 0.144 e. The van der Waals surface area contributed by atoms with Crippen molar-refractivity contribution >= 4 is 40.4 Å². The van der Waals surface area contributed by atoms with Gasteiger partial charge in [-0.3, -0.25) is 10.4 Å². The molecule has 0 radical (unpaired) electrons. The van der Waals surface area contributed by atoms with E-state index in [1.165, 1.54) is 0 Å². The molecule has 0 unspecified atom stereocenters. The van der Waals surface area contributed by atoms with E-state index in [0.717, 1.165) is 38.9 Å². The summed E-state index contributed by atoms with van der Waals surface area (Å²) in [5, 5.41) is 7.89. The van der Waals surface area contributed by atoms with E-state index in [1.54, 1.807) is 37.0 Å². The number of benzene rings is 1. The molecule has 1 N–H and O–H groups in total. The first-order chi connectivity index (χ1) is 12.3. The molecule has 0 saturated heterocycles. The maximum absolute atomic E-state index is 6.23. The van der Waals surface area contributed by atoms with Gasteiger partial charge in [-0.25, -0.2) is 4.98 Å². The molecular weight excluding hydrogens is 356 g/mol. The third-order valence-electron chi connectivity index (χ3n) is 3.80. The summed E-state index contributed by atoms with van der Waals surface area (Å²) >= 11 is 7.77. The molecule has 0 atom stereocenters. The van der Waals surface area contributed by atoms with Crippen molar-refractivity contribution in [2.45, 2.75) is 0 Å². The van der Waals surface area contributed by atoms with Crippen LogP contribution in [0.4, 0.5) is 0 Å². The second kappa shape index (κ2) is 6.66. The lowest BCUT2D eigenvalue weighted by Crippen LogP contribution is -2.20. The molecule has 1 aliphatic rings. The van der Waals surface area contributed by atoms with Crippen molar-refractivity contribution in [3.63, 3.8) is 0 Å². The van der Waals surface area contributed by atoms with Crippen LogP contribution in [-0.4, -0.2) is 22.8 Å². The Bertz CT molecular complexity index is 983. The molecule has 1 aromatic carbocycles. The van der Waals surface area contributed by atoms with Crippen LogP contribution in [0.15, 0.2) is 53.3 Å². The monoisotopic (exact) mass is 368 g/mol. The number of hydrazone groups is 1. The highest BCUT2D eigenvalue weighted by Gasteiger charge is 2.22. The predicted octanol–water partition coefficient (Wildman–Crippen LogP) is 4.05. The molecule has 0 bridgehead atoms. The number of nitrogens with one attached hydrogen (secondary N) is 1. The van der Waals surface area contributed by atoms with Crippen LogP contribution < -0.4 is 10.2 Å². The first kappa shape index (κ1) is 15.8. The van der Waals surface area contributed by atoms with Crippen molar-refractivity contribution in [1.82, 2.24) is 15.4 Å². The molecule has 0 spiro atoms. The minimum atomic E-state index is 0.585. The van der Waals surface area contributed by atoms with Gasteiger partial charge in [0.15, 0.2) is 0 Å². The summed E-state index contributed by atoms with van der Waals surface area (Å²) in [5.41, 5.74) is 7.61. The molecule has 25 heavy (non-hydrogen) atoms. The Balaban J connectivity index is 1.86. The quantitative estimate of drug-likeness (QED) is 0.757. The summed E-state index contributed by atoms with van der Waals surface area (Å²) < 4.78 is 5.38. The van der Waals surface area contributed by atoms with Crippen LogP contribution in [0, 0.1) is 0 Å². The summed E-state index contributed by atoms with van der Waals surface area (Å²) in [5.74, 6) is 0.770. The second-order valence-electron chi connectivity index (χ2n) is 5.28.